The first-order chi connectivity index (χ1) is 5.86. The second kappa shape index (κ2) is 3.46. The summed E-state index contributed by atoms with van der Waals surface area (Å²) in [5, 5.41) is 4.78. The summed E-state index contributed by atoms with van der Waals surface area (Å²) in [5.41, 5.74) is 0. The van der Waals surface area contributed by atoms with E-state index in [2.05, 4.69) is 29.3 Å². The molecule has 1 aliphatic heterocycles. The minimum atomic E-state index is 1.12. The fourth-order valence-corrected chi connectivity index (χ4v) is 2.39. The average molecular weight is 182 g/mol. The van der Waals surface area contributed by atoms with Crippen molar-refractivity contribution >= 4 is 16.3 Å². The number of hydrogen-bond donors (Lipinski definition) is 1. The Morgan fingerprint density at radius 3 is 2.67 bits per heavy atom. The molecule has 0 aliphatic carbocycles. The van der Waals surface area contributed by atoms with Crippen LogP contribution in [0, 0.1) is 6.92 Å². The number of thiophene rings is 1. The van der Waals surface area contributed by atoms with Gasteiger partial charge in [0, 0.05) is 31.1 Å². The first-order valence-electron chi connectivity index (χ1n) is 4.38. The molecule has 1 fully saturated rings. The van der Waals surface area contributed by atoms with E-state index in [4.69, 9.17) is 0 Å². The van der Waals surface area contributed by atoms with Crippen LogP contribution in [-0.4, -0.2) is 26.2 Å². The zero-order valence-electron chi connectivity index (χ0n) is 7.34. The van der Waals surface area contributed by atoms with Gasteiger partial charge in [-0.1, -0.05) is 0 Å². The Bertz CT molecular complexity index is 251. The van der Waals surface area contributed by atoms with Crippen LogP contribution in [0.4, 0.5) is 5.00 Å². The molecule has 2 heterocycles. The average Bonchev–Trinajstić information content (AvgIpc) is 2.54. The number of nitrogens with one attached hydrogen (secondary N) is 1. The standard InChI is InChI=1S/C9H14N2S/c1-8-2-3-9(12-8)11-6-4-10-5-7-11/h2-3,10H,4-7H2,1H3. The molecule has 0 radical (unpaired) electrons. The molecule has 0 bridgehead atoms. The third-order valence-electron chi connectivity index (χ3n) is 2.15. The summed E-state index contributed by atoms with van der Waals surface area (Å²) in [6, 6.07) is 4.42. The molecule has 1 aliphatic rings. The summed E-state index contributed by atoms with van der Waals surface area (Å²) in [7, 11) is 0. The molecule has 0 saturated carbocycles. The molecule has 0 atom stereocenters. The van der Waals surface area contributed by atoms with Crippen molar-refractivity contribution in [1.29, 1.82) is 0 Å². The van der Waals surface area contributed by atoms with Crippen LogP contribution in [0.25, 0.3) is 0 Å². The molecule has 0 unspecified atom stereocenters. The lowest BCUT2D eigenvalue weighted by atomic mass is 10.4. The highest BCUT2D eigenvalue weighted by Gasteiger charge is 2.10. The quantitative estimate of drug-likeness (QED) is 0.707. The smallest absolute Gasteiger partial charge is 0.0912 e. The Morgan fingerprint density at radius 1 is 1.33 bits per heavy atom. The number of rotatable bonds is 1. The van der Waals surface area contributed by atoms with E-state index in [1.54, 1.807) is 0 Å². The van der Waals surface area contributed by atoms with Crippen LogP contribution in [0.3, 0.4) is 0 Å². The first kappa shape index (κ1) is 8.08. The lowest BCUT2D eigenvalue weighted by Gasteiger charge is -2.27. The third kappa shape index (κ3) is 1.62. The molecular weight excluding hydrogens is 168 g/mol. The van der Waals surface area contributed by atoms with E-state index in [1.807, 2.05) is 11.3 Å². The van der Waals surface area contributed by atoms with Crippen molar-refractivity contribution in [3.05, 3.63) is 17.0 Å². The van der Waals surface area contributed by atoms with Crippen molar-refractivity contribution in [2.45, 2.75) is 6.92 Å². The van der Waals surface area contributed by atoms with E-state index in [0.29, 0.717) is 0 Å². The van der Waals surface area contributed by atoms with Gasteiger partial charge in [0.2, 0.25) is 0 Å². The summed E-state index contributed by atoms with van der Waals surface area (Å²) in [6.07, 6.45) is 0. The second-order valence-electron chi connectivity index (χ2n) is 3.12. The van der Waals surface area contributed by atoms with Crippen molar-refractivity contribution in [3.8, 4) is 0 Å². The van der Waals surface area contributed by atoms with Crippen LogP contribution in [0.15, 0.2) is 12.1 Å². The Labute approximate surface area is 77.2 Å². The normalized spacial score (nSPS) is 18.2. The lowest BCUT2D eigenvalue weighted by molar-refractivity contribution is 0.592. The van der Waals surface area contributed by atoms with Gasteiger partial charge in [0.05, 0.1) is 5.00 Å². The second-order valence-corrected chi connectivity index (χ2v) is 4.39. The van der Waals surface area contributed by atoms with Gasteiger partial charge in [-0.3, -0.25) is 0 Å². The van der Waals surface area contributed by atoms with E-state index in [1.165, 1.54) is 9.88 Å². The molecule has 2 nitrogen and oxygen atoms in total. The number of piperazine rings is 1. The van der Waals surface area contributed by atoms with Crippen molar-refractivity contribution in [1.82, 2.24) is 5.32 Å². The minimum Gasteiger partial charge on any atom is -0.361 e. The van der Waals surface area contributed by atoms with Crippen molar-refractivity contribution < 1.29 is 0 Å². The van der Waals surface area contributed by atoms with Crippen LogP contribution >= 0.6 is 11.3 Å². The van der Waals surface area contributed by atoms with E-state index >= 15 is 0 Å². The molecule has 0 spiro atoms. The summed E-state index contributed by atoms with van der Waals surface area (Å²) < 4.78 is 0. The maximum absolute atomic E-state index is 3.35. The Hall–Kier alpha value is -0.540. The monoisotopic (exact) mass is 182 g/mol. The molecule has 0 aromatic carbocycles. The maximum Gasteiger partial charge on any atom is 0.0912 e. The van der Waals surface area contributed by atoms with Crippen molar-refractivity contribution in [2.75, 3.05) is 31.1 Å². The van der Waals surface area contributed by atoms with Crippen molar-refractivity contribution in [2.24, 2.45) is 0 Å². The molecule has 3 heteroatoms. The van der Waals surface area contributed by atoms with Gasteiger partial charge >= 0.3 is 0 Å². The van der Waals surface area contributed by atoms with E-state index in [9.17, 15) is 0 Å². The minimum absolute atomic E-state index is 1.12. The summed E-state index contributed by atoms with van der Waals surface area (Å²) in [6.45, 7) is 6.71. The highest BCUT2D eigenvalue weighted by Crippen LogP contribution is 2.25. The van der Waals surface area contributed by atoms with Crippen LogP contribution in [0.1, 0.15) is 4.88 Å². The fraction of sp³-hybridized carbons (Fsp3) is 0.556. The molecule has 1 aromatic heterocycles. The Balaban J connectivity index is 2.08. The molecule has 2 rings (SSSR count). The number of hydrogen-bond acceptors (Lipinski definition) is 3. The molecule has 1 saturated heterocycles. The van der Waals surface area contributed by atoms with Gasteiger partial charge in [0.15, 0.2) is 0 Å². The van der Waals surface area contributed by atoms with Crippen LogP contribution < -0.4 is 10.2 Å². The van der Waals surface area contributed by atoms with E-state index in [0.717, 1.165) is 26.2 Å². The molecule has 66 valence electrons. The first-order valence-corrected chi connectivity index (χ1v) is 5.20. The topological polar surface area (TPSA) is 15.3 Å². The van der Waals surface area contributed by atoms with Gasteiger partial charge in [-0.05, 0) is 19.1 Å². The predicted molar refractivity (Wildman–Crippen MR) is 54.1 cm³/mol. The van der Waals surface area contributed by atoms with E-state index < -0.39 is 0 Å². The zero-order chi connectivity index (χ0) is 8.39. The van der Waals surface area contributed by atoms with Crippen molar-refractivity contribution in [3.63, 3.8) is 0 Å². The van der Waals surface area contributed by atoms with Gasteiger partial charge < -0.3 is 10.2 Å². The fourth-order valence-electron chi connectivity index (χ4n) is 1.48. The van der Waals surface area contributed by atoms with Crippen LogP contribution in [-0.2, 0) is 0 Å². The van der Waals surface area contributed by atoms with Gasteiger partial charge in [-0.2, -0.15) is 0 Å². The SMILES string of the molecule is Cc1ccc(N2CCNCC2)s1. The molecule has 1 aromatic rings. The number of aryl methyl sites for hydroxylation is 1. The van der Waals surface area contributed by atoms with Gasteiger partial charge in [-0.25, -0.2) is 0 Å². The highest BCUT2D eigenvalue weighted by molar-refractivity contribution is 7.16. The van der Waals surface area contributed by atoms with Crippen LogP contribution in [0.2, 0.25) is 0 Å². The molecule has 1 N–H and O–H groups in total. The Morgan fingerprint density at radius 2 is 2.08 bits per heavy atom. The largest absolute Gasteiger partial charge is 0.361 e. The molecular formula is C9H14N2S. The third-order valence-corrected chi connectivity index (χ3v) is 3.22. The number of nitrogens with zero attached hydrogens (tertiary/aromatic N) is 1. The molecule has 0 amide bonds. The lowest BCUT2D eigenvalue weighted by Crippen LogP contribution is -2.43. The van der Waals surface area contributed by atoms with Gasteiger partial charge in [-0.15, -0.1) is 11.3 Å². The number of anilines is 1. The van der Waals surface area contributed by atoms with E-state index in [-0.39, 0.29) is 0 Å². The summed E-state index contributed by atoms with van der Waals surface area (Å²) >= 11 is 1.89. The van der Waals surface area contributed by atoms with Gasteiger partial charge in [0.1, 0.15) is 0 Å². The predicted octanol–water partition coefficient (Wildman–Crippen LogP) is 1.47. The summed E-state index contributed by atoms with van der Waals surface area (Å²) in [4.78, 5) is 3.86. The Kier molecular flexibility index (Phi) is 2.33. The zero-order valence-corrected chi connectivity index (χ0v) is 8.16. The van der Waals surface area contributed by atoms with Crippen LogP contribution in [0.5, 0.6) is 0 Å². The highest BCUT2D eigenvalue weighted by atomic mass is 32.1. The van der Waals surface area contributed by atoms with Gasteiger partial charge in [0.25, 0.3) is 0 Å². The molecule has 12 heavy (non-hydrogen) atoms. The summed E-state index contributed by atoms with van der Waals surface area (Å²) in [5.74, 6) is 0. The maximum atomic E-state index is 3.35.